The van der Waals surface area contributed by atoms with Crippen molar-refractivity contribution in [3.63, 3.8) is 0 Å². The van der Waals surface area contributed by atoms with Gasteiger partial charge in [0.25, 0.3) is 0 Å². The molecule has 0 unspecified atom stereocenters. The van der Waals surface area contributed by atoms with Crippen LogP contribution in [0.5, 0.6) is 11.5 Å². The van der Waals surface area contributed by atoms with Gasteiger partial charge in [-0.05, 0) is 26.0 Å². The summed E-state index contributed by atoms with van der Waals surface area (Å²) in [5, 5.41) is 0. The van der Waals surface area contributed by atoms with E-state index in [2.05, 4.69) is 4.99 Å². The number of benzene rings is 1. The summed E-state index contributed by atoms with van der Waals surface area (Å²) in [4.78, 5) is 4.36. The van der Waals surface area contributed by atoms with Gasteiger partial charge in [-0.3, -0.25) is 0 Å². The second-order valence-electron chi connectivity index (χ2n) is 4.19. The van der Waals surface area contributed by atoms with Crippen molar-refractivity contribution in [2.45, 2.75) is 27.7 Å². The van der Waals surface area contributed by atoms with Crippen molar-refractivity contribution in [3.8, 4) is 11.5 Å². The van der Waals surface area contributed by atoms with Gasteiger partial charge in [-0.1, -0.05) is 13.8 Å². The summed E-state index contributed by atoms with van der Waals surface area (Å²) >= 11 is 0. The van der Waals surface area contributed by atoms with Gasteiger partial charge in [0, 0.05) is 12.0 Å². The Bertz CT molecular complexity index is 414. The molecule has 0 atom stereocenters. The van der Waals surface area contributed by atoms with Crippen LogP contribution in [0.15, 0.2) is 23.2 Å². The van der Waals surface area contributed by atoms with Gasteiger partial charge < -0.3 is 15.2 Å². The molecule has 0 saturated carbocycles. The van der Waals surface area contributed by atoms with Crippen molar-refractivity contribution in [1.29, 1.82) is 0 Å². The van der Waals surface area contributed by atoms with Crippen molar-refractivity contribution in [2.75, 3.05) is 13.2 Å². The molecule has 4 heteroatoms. The zero-order chi connectivity index (χ0) is 13.5. The zero-order valence-electron chi connectivity index (χ0n) is 11.6. The molecule has 0 heterocycles. The Morgan fingerprint density at radius 1 is 1.17 bits per heavy atom. The Balaban J connectivity index is 3.02. The molecule has 1 aromatic rings. The van der Waals surface area contributed by atoms with Crippen LogP contribution in [0.4, 0.5) is 5.69 Å². The van der Waals surface area contributed by atoms with E-state index in [9.17, 15) is 0 Å². The molecule has 100 valence electrons. The van der Waals surface area contributed by atoms with E-state index in [0.29, 0.717) is 24.8 Å². The predicted octanol–water partition coefficient (Wildman–Crippen LogP) is 3.13. The number of nitrogens with two attached hydrogens (primary N) is 1. The van der Waals surface area contributed by atoms with E-state index in [0.717, 1.165) is 11.4 Å². The van der Waals surface area contributed by atoms with Crippen LogP contribution in [0.25, 0.3) is 0 Å². The molecule has 0 aromatic heterocycles. The summed E-state index contributed by atoms with van der Waals surface area (Å²) in [6.45, 7) is 9.10. The van der Waals surface area contributed by atoms with Crippen LogP contribution in [0.3, 0.4) is 0 Å². The fourth-order valence-electron chi connectivity index (χ4n) is 1.39. The third kappa shape index (κ3) is 3.95. The van der Waals surface area contributed by atoms with Gasteiger partial charge in [-0.15, -0.1) is 0 Å². The molecule has 0 fully saturated rings. The van der Waals surface area contributed by atoms with Crippen LogP contribution >= 0.6 is 0 Å². The highest BCUT2D eigenvalue weighted by Crippen LogP contribution is 2.31. The predicted molar refractivity (Wildman–Crippen MR) is 74.9 cm³/mol. The standard InChI is InChI=1S/C14H22N2O2/c1-5-17-12-8-7-11(9-13(12)18-6-2)16-14(15)10(3)4/h7-10H,5-6H2,1-4H3,(H2,15,16). The van der Waals surface area contributed by atoms with Gasteiger partial charge in [-0.25, -0.2) is 4.99 Å². The quantitative estimate of drug-likeness (QED) is 0.623. The van der Waals surface area contributed by atoms with E-state index in [4.69, 9.17) is 15.2 Å². The Kier molecular flexibility index (Phi) is 5.49. The highest BCUT2D eigenvalue weighted by Gasteiger charge is 2.06. The van der Waals surface area contributed by atoms with Gasteiger partial charge in [0.1, 0.15) is 5.84 Å². The van der Waals surface area contributed by atoms with Gasteiger partial charge in [0.15, 0.2) is 11.5 Å². The maximum absolute atomic E-state index is 5.85. The summed E-state index contributed by atoms with van der Waals surface area (Å²) in [5.41, 5.74) is 6.63. The summed E-state index contributed by atoms with van der Waals surface area (Å²) in [7, 11) is 0. The maximum atomic E-state index is 5.85. The molecule has 4 nitrogen and oxygen atoms in total. The number of ether oxygens (including phenoxy) is 2. The van der Waals surface area contributed by atoms with Crippen molar-refractivity contribution in [2.24, 2.45) is 16.6 Å². The van der Waals surface area contributed by atoms with Crippen molar-refractivity contribution in [1.82, 2.24) is 0 Å². The van der Waals surface area contributed by atoms with E-state index in [1.54, 1.807) is 0 Å². The average molecular weight is 250 g/mol. The van der Waals surface area contributed by atoms with Crippen LogP contribution in [0.2, 0.25) is 0 Å². The minimum absolute atomic E-state index is 0.229. The molecule has 0 aliphatic heterocycles. The van der Waals surface area contributed by atoms with Gasteiger partial charge in [0.2, 0.25) is 0 Å². The fraction of sp³-hybridized carbons (Fsp3) is 0.500. The van der Waals surface area contributed by atoms with E-state index >= 15 is 0 Å². The Labute approximate surface area is 109 Å². The summed E-state index contributed by atoms with van der Waals surface area (Å²) in [5.74, 6) is 2.28. The zero-order valence-corrected chi connectivity index (χ0v) is 11.6. The van der Waals surface area contributed by atoms with Crippen LogP contribution in [0.1, 0.15) is 27.7 Å². The third-order valence-corrected chi connectivity index (χ3v) is 2.38. The monoisotopic (exact) mass is 250 g/mol. The van der Waals surface area contributed by atoms with Gasteiger partial charge >= 0.3 is 0 Å². The number of hydrogen-bond acceptors (Lipinski definition) is 3. The normalized spacial score (nSPS) is 11.7. The molecule has 0 amide bonds. The number of nitrogens with zero attached hydrogens (tertiary/aromatic N) is 1. The highest BCUT2D eigenvalue weighted by molar-refractivity contribution is 5.85. The smallest absolute Gasteiger partial charge is 0.163 e. The molecule has 2 N–H and O–H groups in total. The van der Waals surface area contributed by atoms with E-state index in [-0.39, 0.29) is 5.92 Å². The largest absolute Gasteiger partial charge is 0.490 e. The first kappa shape index (κ1) is 14.4. The lowest BCUT2D eigenvalue weighted by molar-refractivity contribution is 0.288. The lowest BCUT2D eigenvalue weighted by Gasteiger charge is -2.11. The van der Waals surface area contributed by atoms with E-state index in [1.807, 2.05) is 45.9 Å². The first-order chi connectivity index (χ1) is 8.58. The SMILES string of the molecule is CCOc1ccc(N=C(N)C(C)C)cc1OCC. The molecular formula is C14H22N2O2. The van der Waals surface area contributed by atoms with Crippen molar-refractivity contribution >= 4 is 11.5 Å². The second-order valence-corrected chi connectivity index (χ2v) is 4.19. The van der Waals surface area contributed by atoms with Gasteiger partial charge in [-0.2, -0.15) is 0 Å². The Morgan fingerprint density at radius 2 is 1.78 bits per heavy atom. The van der Waals surface area contributed by atoms with Crippen molar-refractivity contribution in [3.05, 3.63) is 18.2 Å². The third-order valence-electron chi connectivity index (χ3n) is 2.38. The molecule has 0 bridgehead atoms. The molecule has 0 aliphatic rings. The first-order valence-electron chi connectivity index (χ1n) is 6.32. The number of aliphatic imine (C=N–C) groups is 1. The van der Waals surface area contributed by atoms with Crippen molar-refractivity contribution < 1.29 is 9.47 Å². The summed E-state index contributed by atoms with van der Waals surface area (Å²) in [6, 6.07) is 5.59. The topological polar surface area (TPSA) is 56.8 Å². The van der Waals surface area contributed by atoms with E-state index in [1.165, 1.54) is 0 Å². The Morgan fingerprint density at radius 3 is 2.33 bits per heavy atom. The lowest BCUT2D eigenvalue weighted by Crippen LogP contribution is -2.18. The molecule has 18 heavy (non-hydrogen) atoms. The average Bonchev–Trinajstić information content (AvgIpc) is 2.33. The summed E-state index contributed by atoms with van der Waals surface area (Å²) < 4.78 is 11.0. The fourth-order valence-corrected chi connectivity index (χ4v) is 1.39. The molecule has 1 aromatic carbocycles. The Hall–Kier alpha value is -1.71. The van der Waals surface area contributed by atoms with Crippen LogP contribution < -0.4 is 15.2 Å². The lowest BCUT2D eigenvalue weighted by atomic mass is 10.2. The van der Waals surface area contributed by atoms with E-state index < -0.39 is 0 Å². The minimum Gasteiger partial charge on any atom is -0.490 e. The highest BCUT2D eigenvalue weighted by atomic mass is 16.5. The minimum atomic E-state index is 0.229. The first-order valence-corrected chi connectivity index (χ1v) is 6.32. The number of hydrogen-bond donors (Lipinski definition) is 1. The van der Waals surface area contributed by atoms with Gasteiger partial charge in [0.05, 0.1) is 18.9 Å². The number of amidine groups is 1. The van der Waals surface area contributed by atoms with Crippen LogP contribution in [0, 0.1) is 5.92 Å². The maximum Gasteiger partial charge on any atom is 0.163 e. The number of rotatable bonds is 6. The second kappa shape index (κ2) is 6.89. The molecule has 0 saturated heterocycles. The van der Waals surface area contributed by atoms with Crippen LogP contribution in [-0.2, 0) is 0 Å². The molecular weight excluding hydrogens is 228 g/mol. The summed E-state index contributed by atoms with van der Waals surface area (Å²) in [6.07, 6.45) is 0. The molecule has 0 spiro atoms. The van der Waals surface area contributed by atoms with Crippen LogP contribution in [-0.4, -0.2) is 19.0 Å². The molecule has 1 rings (SSSR count). The molecule has 0 aliphatic carbocycles. The molecule has 0 radical (unpaired) electrons.